The van der Waals surface area contributed by atoms with Crippen molar-refractivity contribution in [3.05, 3.63) is 24.0 Å². The fraction of sp³-hybridized carbons (Fsp3) is 0.538. The first-order chi connectivity index (χ1) is 8.65. The molecule has 18 heavy (non-hydrogen) atoms. The van der Waals surface area contributed by atoms with Crippen LogP contribution in [-0.2, 0) is 0 Å². The first kappa shape index (κ1) is 11.5. The van der Waals surface area contributed by atoms with E-state index in [1.165, 1.54) is 0 Å². The Bertz CT molecular complexity index is 445. The minimum atomic E-state index is -0.150. The maximum atomic E-state index is 9.78. The minimum absolute atomic E-state index is 0.00131. The van der Waals surface area contributed by atoms with Crippen LogP contribution in [0.4, 0.5) is 5.69 Å². The van der Waals surface area contributed by atoms with Crippen LogP contribution in [0.15, 0.2) is 18.3 Å². The molecule has 96 valence electrons. The van der Waals surface area contributed by atoms with Crippen molar-refractivity contribution in [3.8, 4) is 0 Å². The second kappa shape index (κ2) is 4.24. The molecule has 2 fully saturated rings. The van der Waals surface area contributed by atoms with E-state index < -0.39 is 0 Å². The van der Waals surface area contributed by atoms with Crippen LogP contribution in [0.1, 0.15) is 31.4 Å². The lowest BCUT2D eigenvalue weighted by Crippen LogP contribution is -2.44. The van der Waals surface area contributed by atoms with Crippen molar-refractivity contribution in [2.45, 2.75) is 43.9 Å². The molecule has 5 nitrogen and oxygen atoms in total. The number of anilines is 1. The van der Waals surface area contributed by atoms with Gasteiger partial charge in [0.2, 0.25) is 0 Å². The van der Waals surface area contributed by atoms with Crippen LogP contribution >= 0.6 is 0 Å². The maximum absolute atomic E-state index is 9.78. The molecule has 4 N–H and O–H groups in total. The summed E-state index contributed by atoms with van der Waals surface area (Å²) >= 11 is 0. The minimum Gasteiger partial charge on any atom is -0.393 e. The molecule has 2 unspecified atom stereocenters. The van der Waals surface area contributed by atoms with Gasteiger partial charge >= 0.3 is 0 Å². The number of aliphatic hydroxyl groups excluding tert-OH is 1. The predicted octanol–water partition coefficient (Wildman–Crippen LogP) is 0.858. The Morgan fingerprint density at radius 1 is 1.33 bits per heavy atom. The van der Waals surface area contributed by atoms with E-state index in [1.54, 1.807) is 12.3 Å². The van der Waals surface area contributed by atoms with Crippen LogP contribution in [0.2, 0.25) is 0 Å². The molecule has 0 aromatic carbocycles. The average molecular weight is 246 g/mol. The number of nitrogens with one attached hydrogen (secondary N) is 1. The number of fused-ring (bicyclic) bond motifs is 2. The summed E-state index contributed by atoms with van der Waals surface area (Å²) in [7, 11) is 0. The van der Waals surface area contributed by atoms with Gasteiger partial charge in [-0.25, -0.2) is 0 Å². The van der Waals surface area contributed by atoms with Crippen molar-refractivity contribution in [3.63, 3.8) is 0 Å². The quantitative estimate of drug-likeness (QED) is 0.533. The Morgan fingerprint density at radius 3 is 2.50 bits per heavy atom. The summed E-state index contributed by atoms with van der Waals surface area (Å²) in [6.07, 6.45) is 5.64. The Balaban J connectivity index is 1.85. The second-order valence-electron chi connectivity index (χ2n) is 5.23. The van der Waals surface area contributed by atoms with Crippen molar-refractivity contribution in [2.24, 2.45) is 5.73 Å². The molecule has 2 bridgehead atoms. The summed E-state index contributed by atoms with van der Waals surface area (Å²) in [6.45, 7) is 0. The van der Waals surface area contributed by atoms with Gasteiger partial charge in [-0.15, -0.1) is 0 Å². The summed E-state index contributed by atoms with van der Waals surface area (Å²) in [5, 5.41) is 17.1. The van der Waals surface area contributed by atoms with Gasteiger partial charge in [-0.05, 0) is 37.8 Å². The zero-order chi connectivity index (χ0) is 12.7. The van der Waals surface area contributed by atoms with Crippen molar-refractivity contribution < 1.29 is 5.11 Å². The number of aliphatic hydroxyl groups is 1. The third kappa shape index (κ3) is 1.84. The number of amidine groups is 1. The number of nitrogens with zero attached hydrogens (tertiary/aromatic N) is 2. The third-order valence-electron chi connectivity index (χ3n) is 4.03. The smallest absolute Gasteiger partial charge is 0.141 e. The molecule has 3 rings (SSSR count). The van der Waals surface area contributed by atoms with Crippen LogP contribution in [0.25, 0.3) is 0 Å². The van der Waals surface area contributed by atoms with Crippen LogP contribution in [0.3, 0.4) is 0 Å². The molecular weight excluding hydrogens is 228 g/mol. The second-order valence-corrected chi connectivity index (χ2v) is 5.23. The highest BCUT2D eigenvalue weighted by Crippen LogP contribution is 2.38. The highest BCUT2D eigenvalue weighted by molar-refractivity contribution is 5.93. The summed E-state index contributed by atoms with van der Waals surface area (Å²) in [5.74, 6) is -0.00131. The van der Waals surface area contributed by atoms with Gasteiger partial charge in [0.05, 0.1) is 18.0 Å². The number of nitrogens with two attached hydrogens (primary N) is 1. The van der Waals surface area contributed by atoms with Gasteiger partial charge in [0.1, 0.15) is 11.5 Å². The molecular formula is C13H18N4O. The van der Waals surface area contributed by atoms with E-state index in [9.17, 15) is 5.11 Å². The van der Waals surface area contributed by atoms with E-state index in [4.69, 9.17) is 11.1 Å². The summed E-state index contributed by atoms with van der Waals surface area (Å²) in [5.41, 5.74) is 7.00. The Labute approximate surface area is 106 Å². The van der Waals surface area contributed by atoms with E-state index in [-0.39, 0.29) is 11.9 Å². The zero-order valence-corrected chi connectivity index (χ0v) is 10.2. The lowest BCUT2D eigenvalue weighted by atomic mass is 9.99. The van der Waals surface area contributed by atoms with E-state index >= 15 is 0 Å². The normalized spacial score (nSPS) is 30.5. The van der Waals surface area contributed by atoms with Crippen LogP contribution < -0.4 is 10.6 Å². The van der Waals surface area contributed by atoms with Gasteiger partial charge in [-0.1, -0.05) is 0 Å². The van der Waals surface area contributed by atoms with Crippen LogP contribution in [-0.4, -0.2) is 34.1 Å². The fourth-order valence-corrected chi connectivity index (χ4v) is 3.27. The lowest BCUT2D eigenvalue weighted by Gasteiger charge is -2.38. The number of hydrogen-bond acceptors (Lipinski definition) is 4. The zero-order valence-electron chi connectivity index (χ0n) is 10.2. The Kier molecular flexibility index (Phi) is 2.70. The highest BCUT2D eigenvalue weighted by Gasteiger charge is 2.40. The van der Waals surface area contributed by atoms with Gasteiger partial charge in [0.25, 0.3) is 0 Å². The van der Waals surface area contributed by atoms with Crippen molar-refractivity contribution in [1.82, 2.24) is 4.98 Å². The highest BCUT2D eigenvalue weighted by atomic mass is 16.3. The number of pyridine rings is 1. The Hall–Kier alpha value is -1.62. The number of piperidine rings is 1. The summed E-state index contributed by atoms with van der Waals surface area (Å²) in [4.78, 5) is 6.59. The number of hydrogen-bond donors (Lipinski definition) is 3. The number of aromatic nitrogens is 1. The van der Waals surface area contributed by atoms with Gasteiger partial charge in [0, 0.05) is 12.1 Å². The number of nitrogen functional groups attached to an aromatic ring is 1. The van der Waals surface area contributed by atoms with Crippen LogP contribution in [0.5, 0.6) is 0 Å². The molecule has 3 heterocycles. The molecule has 0 aliphatic carbocycles. The van der Waals surface area contributed by atoms with E-state index in [2.05, 4.69) is 9.88 Å². The molecule has 2 aliphatic rings. The topological polar surface area (TPSA) is 86.2 Å². The molecule has 0 spiro atoms. The van der Waals surface area contributed by atoms with Crippen molar-refractivity contribution in [1.29, 1.82) is 5.41 Å². The maximum Gasteiger partial charge on any atom is 0.141 e. The predicted molar refractivity (Wildman–Crippen MR) is 69.8 cm³/mol. The molecule has 2 atom stereocenters. The SMILES string of the molecule is N=C(N)c1ccc(N2C3CCC2CC(O)C3)cn1. The molecule has 5 heteroatoms. The van der Waals surface area contributed by atoms with E-state index in [0.29, 0.717) is 17.8 Å². The Morgan fingerprint density at radius 2 is 2.00 bits per heavy atom. The third-order valence-corrected chi connectivity index (χ3v) is 4.03. The molecule has 1 aromatic rings. The standard InChI is InChI=1S/C13H18N4O/c14-13(15)12-4-3-10(7-16-12)17-8-1-2-9(17)6-11(18)5-8/h3-4,7-9,11,18H,1-2,5-6H2,(H3,14,15). The van der Waals surface area contributed by atoms with Crippen LogP contribution in [0, 0.1) is 5.41 Å². The molecule has 0 saturated carbocycles. The largest absolute Gasteiger partial charge is 0.393 e. The molecule has 0 radical (unpaired) electrons. The first-order valence-electron chi connectivity index (χ1n) is 6.42. The molecule has 2 aliphatic heterocycles. The molecule has 0 amide bonds. The molecule has 1 aromatic heterocycles. The van der Waals surface area contributed by atoms with E-state index in [1.807, 2.05) is 6.07 Å². The van der Waals surface area contributed by atoms with Gasteiger partial charge in [-0.3, -0.25) is 10.4 Å². The van der Waals surface area contributed by atoms with Crippen molar-refractivity contribution >= 4 is 11.5 Å². The first-order valence-corrected chi connectivity index (χ1v) is 6.42. The summed E-state index contributed by atoms with van der Waals surface area (Å²) in [6, 6.07) is 4.64. The number of rotatable bonds is 2. The van der Waals surface area contributed by atoms with E-state index in [0.717, 1.165) is 31.4 Å². The lowest BCUT2D eigenvalue weighted by molar-refractivity contribution is 0.126. The van der Waals surface area contributed by atoms with Gasteiger partial charge < -0.3 is 15.7 Å². The van der Waals surface area contributed by atoms with Gasteiger partial charge in [-0.2, -0.15) is 0 Å². The average Bonchev–Trinajstić information content (AvgIpc) is 2.62. The van der Waals surface area contributed by atoms with Crippen molar-refractivity contribution in [2.75, 3.05) is 4.90 Å². The van der Waals surface area contributed by atoms with Gasteiger partial charge in [0.15, 0.2) is 0 Å². The monoisotopic (exact) mass is 246 g/mol. The summed E-state index contributed by atoms with van der Waals surface area (Å²) < 4.78 is 0. The fourth-order valence-electron chi connectivity index (χ4n) is 3.27. The molecule has 2 saturated heterocycles.